The van der Waals surface area contributed by atoms with Crippen LogP contribution in [0.4, 0.5) is 0 Å². The van der Waals surface area contributed by atoms with Crippen molar-refractivity contribution < 1.29 is 20.4 Å². The predicted molar refractivity (Wildman–Crippen MR) is 73.1 cm³/mol. The van der Waals surface area contributed by atoms with Crippen LogP contribution in [0.1, 0.15) is 11.8 Å². The molecular weight excluding hydrogens is 330 g/mol. The maximum atomic E-state index is 9.85. The quantitative estimate of drug-likeness (QED) is 0.597. The van der Waals surface area contributed by atoms with Gasteiger partial charge in [-0.25, -0.2) is 0 Å². The second kappa shape index (κ2) is 6.42. The molecule has 3 atom stereocenters. The van der Waals surface area contributed by atoms with Crippen LogP contribution in [0, 0.1) is 0 Å². The molecular formula is C12H14BrN3O4. The molecule has 20 heavy (non-hydrogen) atoms. The van der Waals surface area contributed by atoms with Gasteiger partial charge in [0.2, 0.25) is 0 Å². The van der Waals surface area contributed by atoms with Gasteiger partial charge in [-0.15, -0.1) is 0 Å². The molecule has 1 aromatic heterocycles. The Hall–Kier alpha value is -1.32. The average molecular weight is 344 g/mol. The molecule has 0 aliphatic heterocycles. The van der Waals surface area contributed by atoms with E-state index in [0.29, 0.717) is 5.69 Å². The molecule has 0 amide bonds. The van der Waals surface area contributed by atoms with Gasteiger partial charge in [-0.3, -0.25) is 0 Å². The topological polar surface area (TPSA) is 112 Å². The molecule has 1 heterocycles. The summed E-state index contributed by atoms with van der Waals surface area (Å²) in [5.41, 5.74) is 0.789. The Morgan fingerprint density at radius 2 is 1.80 bits per heavy atom. The minimum absolute atomic E-state index is 0.105. The van der Waals surface area contributed by atoms with Crippen molar-refractivity contribution in [2.75, 3.05) is 6.61 Å². The van der Waals surface area contributed by atoms with Crippen LogP contribution in [0.5, 0.6) is 0 Å². The molecule has 0 radical (unpaired) electrons. The Morgan fingerprint density at radius 1 is 1.15 bits per heavy atom. The summed E-state index contributed by atoms with van der Waals surface area (Å²) in [4.78, 5) is 1.29. The molecule has 0 aliphatic rings. The van der Waals surface area contributed by atoms with Crippen molar-refractivity contribution in [3.05, 3.63) is 40.6 Å². The normalized spacial score (nSPS) is 15.8. The predicted octanol–water partition coefficient (Wildman–Crippen LogP) is -0.223. The largest absolute Gasteiger partial charge is 0.394 e. The van der Waals surface area contributed by atoms with E-state index in [2.05, 4.69) is 26.1 Å². The molecule has 108 valence electrons. The van der Waals surface area contributed by atoms with Crippen molar-refractivity contribution in [2.45, 2.75) is 18.3 Å². The van der Waals surface area contributed by atoms with Gasteiger partial charge in [0.25, 0.3) is 0 Å². The Morgan fingerprint density at radius 3 is 2.40 bits per heavy atom. The lowest BCUT2D eigenvalue weighted by Gasteiger charge is -2.19. The Balaban J connectivity index is 2.18. The highest BCUT2D eigenvalue weighted by Crippen LogP contribution is 2.18. The van der Waals surface area contributed by atoms with Gasteiger partial charge < -0.3 is 20.4 Å². The summed E-state index contributed by atoms with van der Waals surface area (Å²) in [6.07, 6.45) is -3.11. The smallest absolute Gasteiger partial charge is 0.128 e. The molecule has 0 bridgehead atoms. The first-order valence-electron chi connectivity index (χ1n) is 5.86. The lowest BCUT2D eigenvalue weighted by molar-refractivity contribution is -0.0790. The van der Waals surface area contributed by atoms with Crippen molar-refractivity contribution >= 4 is 15.9 Å². The number of benzene rings is 1. The summed E-state index contributed by atoms with van der Waals surface area (Å²) in [6.45, 7) is -0.654. The van der Waals surface area contributed by atoms with Gasteiger partial charge in [0.05, 0.1) is 18.5 Å². The fourth-order valence-corrected chi connectivity index (χ4v) is 1.87. The molecule has 0 spiro atoms. The highest BCUT2D eigenvalue weighted by Gasteiger charge is 2.27. The number of nitrogens with zero attached hydrogens (tertiary/aromatic N) is 3. The summed E-state index contributed by atoms with van der Waals surface area (Å²) in [7, 11) is 0. The first kappa shape index (κ1) is 15.1. The first-order valence-corrected chi connectivity index (χ1v) is 6.65. The van der Waals surface area contributed by atoms with Gasteiger partial charge in [-0.2, -0.15) is 15.0 Å². The Kier molecular flexibility index (Phi) is 4.84. The molecule has 4 N–H and O–H groups in total. The first-order chi connectivity index (χ1) is 9.52. The number of hydrogen-bond acceptors (Lipinski definition) is 6. The summed E-state index contributed by atoms with van der Waals surface area (Å²) in [5.74, 6) is 0. The van der Waals surface area contributed by atoms with Gasteiger partial charge in [0, 0.05) is 4.47 Å². The molecule has 3 unspecified atom stereocenters. The van der Waals surface area contributed by atoms with E-state index in [9.17, 15) is 15.3 Å². The van der Waals surface area contributed by atoms with E-state index in [1.54, 1.807) is 12.1 Å². The zero-order valence-corrected chi connectivity index (χ0v) is 11.9. The van der Waals surface area contributed by atoms with Crippen LogP contribution in [0.3, 0.4) is 0 Å². The van der Waals surface area contributed by atoms with Gasteiger partial charge in [-0.05, 0) is 24.3 Å². The van der Waals surface area contributed by atoms with Crippen LogP contribution in [0.15, 0.2) is 34.9 Å². The van der Waals surface area contributed by atoms with Gasteiger partial charge >= 0.3 is 0 Å². The molecule has 2 aromatic rings. The third-order valence-electron chi connectivity index (χ3n) is 2.77. The second-order valence-electron chi connectivity index (χ2n) is 4.22. The number of hydrogen-bond donors (Lipinski definition) is 4. The minimum atomic E-state index is -1.53. The van der Waals surface area contributed by atoms with Crippen molar-refractivity contribution in [1.29, 1.82) is 0 Å². The highest BCUT2D eigenvalue weighted by molar-refractivity contribution is 9.10. The third-order valence-corrected chi connectivity index (χ3v) is 3.30. The monoisotopic (exact) mass is 343 g/mol. The van der Waals surface area contributed by atoms with E-state index < -0.39 is 24.9 Å². The molecule has 1 aromatic carbocycles. The maximum absolute atomic E-state index is 9.85. The zero-order valence-electron chi connectivity index (χ0n) is 10.3. The highest BCUT2D eigenvalue weighted by atomic mass is 79.9. The van der Waals surface area contributed by atoms with Gasteiger partial charge in [-0.1, -0.05) is 15.9 Å². The average Bonchev–Trinajstić information content (AvgIpc) is 2.95. The fourth-order valence-electron chi connectivity index (χ4n) is 1.60. The number of halogens is 1. The Labute approximate surface area is 123 Å². The molecule has 7 nitrogen and oxygen atoms in total. The molecule has 0 fully saturated rings. The van der Waals surface area contributed by atoms with Gasteiger partial charge in [0.15, 0.2) is 0 Å². The fraction of sp³-hybridized carbons (Fsp3) is 0.333. The van der Waals surface area contributed by atoms with Gasteiger partial charge in [0.1, 0.15) is 24.0 Å². The molecule has 0 saturated carbocycles. The summed E-state index contributed by atoms with van der Waals surface area (Å²) < 4.78 is 0.912. The van der Waals surface area contributed by atoms with E-state index in [1.807, 2.05) is 12.1 Å². The van der Waals surface area contributed by atoms with Crippen molar-refractivity contribution in [3.63, 3.8) is 0 Å². The van der Waals surface area contributed by atoms with Crippen LogP contribution in [-0.2, 0) is 0 Å². The number of aliphatic hydroxyl groups excluding tert-OH is 4. The van der Waals surface area contributed by atoms with Crippen molar-refractivity contribution in [2.24, 2.45) is 0 Å². The SMILES string of the molecule is OCC(O)C(O)C(O)c1cnn(-c2ccc(Br)cc2)n1. The number of aromatic nitrogens is 3. The zero-order chi connectivity index (χ0) is 14.7. The summed E-state index contributed by atoms with van der Waals surface area (Å²) in [5, 5.41) is 45.5. The lowest BCUT2D eigenvalue weighted by atomic mass is 10.1. The maximum Gasteiger partial charge on any atom is 0.128 e. The number of rotatable bonds is 5. The van der Waals surface area contributed by atoms with Crippen LogP contribution >= 0.6 is 15.9 Å². The van der Waals surface area contributed by atoms with Crippen LogP contribution < -0.4 is 0 Å². The van der Waals surface area contributed by atoms with E-state index in [-0.39, 0.29) is 5.69 Å². The van der Waals surface area contributed by atoms with Crippen LogP contribution in [0.25, 0.3) is 5.69 Å². The second-order valence-corrected chi connectivity index (χ2v) is 5.14. The van der Waals surface area contributed by atoms with E-state index in [4.69, 9.17) is 5.11 Å². The Bertz CT molecular complexity index is 560. The third kappa shape index (κ3) is 3.22. The molecule has 0 aliphatic carbocycles. The standard InChI is InChI=1S/C12H14BrN3O4/c13-7-1-3-8(4-2-7)16-14-5-9(15-16)11(19)12(20)10(18)6-17/h1-5,10-12,17-20H,6H2. The lowest BCUT2D eigenvalue weighted by Crippen LogP contribution is -2.34. The van der Waals surface area contributed by atoms with Crippen LogP contribution in [0.2, 0.25) is 0 Å². The number of aliphatic hydroxyl groups is 4. The molecule has 8 heteroatoms. The van der Waals surface area contributed by atoms with Crippen molar-refractivity contribution in [3.8, 4) is 5.69 Å². The van der Waals surface area contributed by atoms with Crippen molar-refractivity contribution in [1.82, 2.24) is 15.0 Å². The van der Waals surface area contributed by atoms with E-state index in [1.165, 1.54) is 11.0 Å². The minimum Gasteiger partial charge on any atom is -0.394 e. The summed E-state index contributed by atoms with van der Waals surface area (Å²) in [6, 6.07) is 7.19. The molecule has 0 saturated heterocycles. The van der Waals surface area contributed by atoms with E-state index >= 15 is 0 Å². The molecule has 2 rings (SSSR count). The van der Waals surface area contributed by atoms with Crippen LogP contribution in [-0.4, -0.2) is 54.2 Å². The van der Waals surface area contributed by atoms with E-state index in [0.717, 1.165) is 4.47 Å². The summed E-state index contributed by atoms with van der Waals surface area (Å²) >= 11 is 3.31.